The molecule has 0 aromatic heterocycles. The highest BCUT2D eigenvalue weighted by Gasteiger charge is 2.81. The number of ether oxygens (including phenoxy) is 5. The molecule has 8 nitrogen and oxygen atoms in total. The predicted molar refractivity (Wildman–Crippen MR) is 164 cm³/mol. The molecule has 3 fully saturated rings. The van der Waals surface area contributed by atoms with Gasteiger partial charge < -0.3 is 28.5 Å². The number of esters is 2. The minimum absolute atomic E-state index is 0.000972. The van der Waals surface area contributed by atoms with Crippen molar-refractivity contribution in [3.8, 4) is 12.3 Å². The highest BCUT2D eigenvalue weighted by atomic mass is 16.7. The van der Waals surface area contributed by atoms with Crippen molar-refractivity contribution in [3.05, 3.63) is 23.8 Å². The summed E-state index contributed by atoms with van der Waals surface area (Å²) in [6.07, 6.45) is 15.4. The van der Waals surface area contributed by atoms with Gasteiger partial charge in [0.25, 0.3) is 0 Å². The average Bonchev–Trinajstić information content (AvgIpc) is 3.49. The number of hydrogen-bond acceptors (Lipinski definition) is 8. The largest absolute Gasteiger partial charge is 0.427 e. The SMILES string of the molecule is C#CCO[C@H]1C=C[C@H](OC[C@@]23C[C@H]4[C@@H](CC[C@H]4C)C[C@@]4(C=O)C[C@@H]2C=C(C(C)C)[C@]43C(=O)OCOC(=O)C(C)(C)C)O[C@@H]1C. The lowest BCUT2D eigenvalue weighted by atomic mass is 9.52. The Balaban J connectivity index is 1.53. The lowest BCUT2D eigenvalue weighted by molar-refractivity contribution is -0.208. The lowest BCUT2D eigenvalue weighted by Crippen LogP contribution is -2.57. The lowest BCUT2D eigenvalue weighted by Gasteiger charge is -2.50. The van der Waals surface area contributed by atoms with Gasteiger partial charge in [0.15, 0.2) is 6.29 Å². The maximum atomic E-state index is 14.8. The first-order valence-electron chi connectivity index (χ1n) is 16.3. The third-order valence-electron chi connectivity index (χ3n) is 11.4. The molecule has 5 rings (SSSR count). The van der Waals surface area contributed by atoms with E-state index in [1.165, 1.54) is 0 Å². The second-order valence-electron chi connectivity index (χ2n) is 15.3. The molecule has 1 heterocycles. The van der Waals surface area contributed by atoms with Crippen LogP contribution in [0.2, 0.25) is 0 Å². The van der Waals surface area contributed by atoms with Crippen LogP contribution in [-0.4, -0.2) is 56.7 Å². The summed E-state index contributed by atoms with van der Waals surface area (Å²) in [5.74, 6) is 2.68. The number of fused-ring (bicyclic) bond motifs is 1. The van der Waals surface area contributed by atoms with Crippen LogP contribution in [0.4, 0.5) is 0 Å². The van der Waals surface area contributed by atoms with Crippen molar-refractivity contribution in [3.63, 3.8) is 0 Å². The van der Waals surface area contributed by atoms with Crippen molar-refractivity contribution in [2.75, 3.05) is 20.0 Å². The Bertz CT molecular complexity index is 1240. The molecule has 3 saturated carbocycles. The monoisotopic (exact) mass is 610 g/mol. The van der Waals surface area contributed by atoms with Gasteiger partial charge in [-0.25, -0.2) is 0 Å². The van der Waals surface area contributed by atoms with E-state index in [1.807, 2.05) is 19.1 Å². The Morgan fingerprint density at radius 1 is 1.11 bits per heavy atom. The molecule has 0 N–H and O–H groups in total. The van der Waals surface area contributed by atoms with Crippen molar-refractivity contribution in [2.24, 2.45) is 51.2 Å². The third-order valence-corrected chi connectivity index (χ3v) is 11.4. The van der Waals surface area contributed by atoms with Crippen LogP contribution in [0.15, 0.2) is 23.8 Å². The van der Waals surface area contributed by atoms with E-state index in [2.05, 4.69) is 32.8 Å². The maximum absolute atomic E-state index is 14.8. The van der Waals surface area contributed by atoms with Crippen LogP contribution >= 0.6 is 0 Å². The molecule has 0 radical (unpaired) electrons. The van der Waals surface area contributed by atoms with Gasteiger partial charge in [-0.3, -0.25) is 9.59 Å². The molecular weight excluding hydrogens is 560 g/mol. The quantitative estimate of drug-likeness (QED) is 0.103. The van der Waals surface area contributed by atoms with Crippen LogP contribution in [0.3, 0.4) is 0 Å². The zero-order valence-electron chi connectivity index (χ0n) is 27.4. The fraction of sp³-hybridized carbons (Fsp3) is 0.750. The van der Waals surface area contributed by atoms with E-state index in [4.69, 9.17) is 30.1 Å². The van der Waals surface area contributed by atoms with Crippen LogP contribution in [0.1, 0.15) is 80.6 Å². The van der Waals surface area contributed by atoms with Gasteiger partial charge in [0.05, 0.1) is 18.1 Å². The normalized spacial score (nSPS) is 40.6. The van der Waals surface area contributed by atoms with E-state index in [9.17, 15) is 14.4 Å². The highest BCUT2D eigenvalue weighted by Crippen LogP contribution is 2.80. The Morgan fingerprint density at radius 3 is 2.50 bits per heavy atom. The van der Waals surface area contributed by atoms with Gasteiger partial charge in [0.2, 0.25) is 6.79 Å². The molecule has 5 aliphatic rings. The first-order chi connectivity index (χ1) is 20.8. The molecule has 4 aliphatic carbocycles. The Kier molecular flexibility index (Phi) is 9.00. The molecule has 0 spiro atoms. The summed E-state index contributed by atoms with van der Waals surface area (Å²) >= 11 is 0. The van der Waals surface area contributed by atoms with E-state index >= 15 is 0 Å². The van der Waals surface area contributed by atoms with Crippen LogP contribution in [0.5, 0.6) is 0 Å². The topological polar surface area (TPSA) is 97.4 Å². The smallest absolute Gasteiger partial charge is 0.320 e. The molecule has 0 aromatic carbocycles. The van der Waals surface area contributed by atoms with Crippen molar-refractivity contribution in [2.45, 2.75) is 99.1 Å². The molecular formula is C36H50O8. The van der Waals surface area contributed by atoms with Gasteiger partial charge >= 0.3 is 11.9 Å². The zero-order valence-corrected chi connectivity index (χ0v) is 27.4. The summed E-state index contributed by atoms with van der Waals surface area (Å²) in [5, 5.41) is 0. The maximum Gasteiger partial charge on any atom is 0.320 e. The van der Waals surface area contributed by atoms with E-state index in [0.717, 1.165) is 31.1 Å². The summed E-state index contributed by atoms with van der Waals surface area (Å²) in [6.45, 7) is 13.6. The van der Waals surface area contributed by atoms with Crippen molar-refractivity contribution < 1.29 is 38.1 Å². The van der Waals surface area contributed by atoms with E-state index in [0.29, 0.717) is 30.6 Å². The highest BCUT2D eigenvalue weighted by molar-refractivity contribution is 5.91. The van der Waals surface area contributed by atoms with Gasteiger partial charge in [-0.15, -0.1) is 6.42 Å². The summed E-state index contributed by atoms with van der Waals surface area (Å²) in [5.41, 5.74) is -2.68. The van der Waals surface area contributed by atoms with Gasteiger partial charge in [0, 0.05) is 10.8 Å². The Morgan fingerprint density at radius 2 is 1.86 bits per heavy atom. The molecule has 0 amide bonds. The van der Waals surface area contributed by atoms with Crippen LogP contribution in [0, 0.1) is 63.6 Å². The summed E-state index contributed by atoms with van der Waals surface area (Å²) < 4.78 is 29.9. The van der Waals surface area contributed by atoms with Gasteiger partial charge in [-0.05, 0) is 89.0 Å². The van der Waals surface area contributed by atoms with Gasteiger partial charge in [-0.1, -0.05) is 50.8 Å². The van der Waals surface area contributed by atoms with Gasteiger partial charge in [-0.2, -0.15) is 0 Å². The Hall–Kier alpha value is -2.47. The fourth-order valence-electron chi connectivity index (χ4n) is 9.49. The molecule has 10 atom stereocenters. The second-order valence-corrected chi connectivity index (χ2v) is 15.3. The minimum Gasteiger partial charge on any atom is -0.427 e. The molecule has 0 saturated heterocycles. The van der Waals surface area contributed by atoms with Crippen molar-refractivity contribution in [1.82, 2.24) is 0 Å². The summed E-state index contributed by atoms with van der Waals surface area (Å²) in [6, 6.07) is 0. The number of carbonyl (C=O) groups excluding carboxylic acids is 3. The van der Waals surface area contributed by atoms with Crippen LogP contribution in [-0.2, 0) is 38.1 Å². The molecule has 0 aromatic rings. The summed E-state index contributed by atoms with van der Waals surface area (Å²) in [4.78, 5) is 40.9. The standard InChI is InChI=1S/C36H50O8/c1-9-14-40-29-12-13-30(44-24(29)5)41-20-35-18-27-23(4)10-11-25(27)16-34(19-37)17-26(35)15-28(22(2)3)36(34,35)32(39)43-21-42-31(38)33(6,7)8/h1,12-13,15,19,22-27,29-30H,10-11,14,16-18,20-21H2,2-8H3/t23-,24-,25+,26+,27-,29+,30-,34+,35+,36+/m1/s1. The predicted octanol–water partition coefficient (Wildman–Crippen LogP) is 5.64. The molecule has 0 unspecified atom stereocenters. The number of carbonyl (C=O) groups is 3. The molecule has 8 heteroatoms. The second kappa shape index (κ2) is 12.0. The van der Waals surface area contributed by atoms with Crippen LogP contribution in [0.25, 0.3) is 0 Å². The third kappa shape index (κ3) is 5.08. The summed E-state index contributed by atoms with van der Waals surface area (Å²) in [7, 11) is 0. The van der Waals surface area contributed by atoms with Crippen LogP contribution < -0.4 is 0 Å². The number of allylic oxidation sites excluding steroid dienone is 1. The minimum atomic E-state index is -1.23. The molecule has 44 heavy (non-hydrogen) atoms. The van der Waals surface area contributed by atoms with Crippen molar-refractivity contribution >= 4 is 18.2 Å². The van der Waals surface area contributed by atoms with E-state index in [-0.39, 0.29) is 37.3 Å². The number of rotatable bonds is 10. The first-order valence-corrected chi connectivity index (χ1v) is 16.3. The van der Waals surface area contributed by atoms with Gasteiger partial charge in [0.1, 0.15) is 24.4 Å². The molecule has 4 bridgehead atoms. The number of terminal acetylenes is 1. The number of hydrogen-bond donors (Lipinski definition) is 0. The molecule has 242 valence electrons. The van der Waals surface area contributed by atoms with E-state index < -0.39 is 46.7 Å². The first kappa shape index (κ1) is 32.9. The fourth-order valence-corrected chi connectivity index (χ4v) is 9.49. The number of aldehydes is 1. The zero-order chi connectivity index (χ0) is 32.1. The van der Waals surface area contributed by atoms with Crippen molar-refractivity contribution in [1.29, 1.82) is 0 Å². The average molecular weight is 611 g/mol. The Labute approximate surface area is 262 Å². The molecule has 1 aliphatic heterocycles. The van der Waals surface area contributed by atoms with E-state index in [1.54, 1.807) is 20.8 Å².